The molecule has 0 aromatic heterocycles. The molecule has 0 unspecified atom stereocenters. The summed E-state index contributed by atoms with van der Waals surface area (Å²) in [6.07, 6.45) is 11.6. The smallest absolute Gasteiger partial charge is 0.219 e. The summed E-state index contributed by atoms with van der Waals surface area (Å²) in [7, 11) is 0. The number of carbonyl (C=O) groups excluding carboxylic acids is 1. The van der Waals surface area contributed by atoms with Crippen molar-refractivity contribution in [2.24, 2.45) is 0 Å². The van der Waals surface area contributed by atoms with Crippen LogP contribution in [0.25, 0.3) is 0 Å². The molecule has 0 saturated heterocycles. The van der Waals surface area contributed by atoms with Crippen molar-refractivity contribution in [3.05, 3.63) is 48.9 Å². The molecule has 24 heavy (non-hydrogen) atoms. The standard InChI is InChI=1S/C21H32NO2/c1-3-5-7-13-19-14-8-9-15-20(19)24-18-12-10-16-21(23)22-17-11-6-4-2/h5,7-9,14-15H,1,3-4,6,10-13,16-18H2,2H3,(H,22,23). The molecule has 133 valence electrons. The normalized spacial score (nSPS) is 10.9. The fraction of sp³-hybridized carbons (Fsp3) is 0.524. The highest BCUT2D eigenvalue weighted by Crippen LogP contribution is 2.19. The molecule has 0 fully saturated rings. The first-order valence-electron chi connectivity index (χ1n) is 9.19. The summed E-state index contributed by atoms with van der Waals surface area (Å²) < 4.78 is 5.88. The number of nitrogens with one attached hydrogen (secondary N) is 1. The third-order valence-electron chi connectivity index (χ3n) is 3.80. The third kappa shape index (κ3) is 9.39. The Balaban J connectivity index is 2.19. The molecule has 1 aromatic rings. The van der Waals surface area contributed by atoms with Gasteiger partial charge in [-0.05, 0) is 50.7 Å². The number of para-hydroxylation sites is 1. The van der Waals surface area contributed by atoms with E-state index in [1.54, 1.807) is 0 Å². The monoisotopic (exact) mass is 330 g/mol. The van der Waals surface area contributed by atoms with Crippen molar-refractivity contribution in [1.82, 2.24) is 5.32 Å². The van der Waals surface area contributed by atoms with Crippen LogP contribution in [0.2, 0.25) is 0 Å². The third-order valence-corrected chi connectivity index (χ3v) is 3.80. The minimum Gasteiger partial charge on any atom is -0.493 e. The van der Waals surface area contributed by atoms with E-state index in [0.717, 1.165) is 44.4 Å². The predicted octanol–water partition coefficient (Wildman–Crippen LogP) is 4.86. The Morgan fingerprint density at radius 2 is 2.00 bits per heavy atom. The first kappa shape index (κ1) is 20.3. The maximum absolute atomic E-state index is 11.7. The van der Waals surface area contributed by atoms with Gasteiger partial charge in [0.25, 0.3) is 0 Å². The number of hydrogen-bond donors (Lipinski definition) is 1. The van der Waals surface area contributed by atoms with E-state index in [-0.39, 0.29) is 5.91 Å². The number of hydrogen-bond acceptors (Lipinski definition) is 2. The Labute approximate surface area is 147 Å². The van der Waals surface area contributed by atoms with Gasteiger partial charge in [0.05, 0.1) is 6.61 Å². The molecule has 1 rings (SSSR count). The molecule has 1 N–H and O–H groups in total. The summed E-state index contributed by atoms with van der Waals surface area (Å²) in [6.45, 7) is 7.42. The Hall–Kier alpha value is -1.77. The molecular weight excluding hydrogens is 298 g/mol. The molecule has 3 nitrogen and oxygen atoms in total. The fourth-order valence-electron chi connectivity index (χ4n) is 2.40. The van der Waals surface area contributed by atoms with E-state index in [4.69, 9.17) is 4.74 Å². The van der Waals surface area contributed by atoms with Gasteiger partial charge in [-0.3, -0.25) is 4.79 Å². The first-order valence-corrected chi connectivity index (χ1v) is 9.19. The highest BCUT2D eigenvalue weighted by Gasteiger charge is 2.03. The molecule has 1 aromatic carbocycles. The second-order valence-electron chi connectivity index (χ2n) is 5.93. The zero-order valence-corrected chi connectivity index (χ0v) is 15.1. The average molecular weight is 330 g/mol. The number of rotatable bonds is 13. The van der Waals surface area contributed by atoms with Gasteiger partial charge in [0.1, 0.15) is 5.75 Å². The molecule has 0 aliphatic heterocycles. The molecule has 1 radical (unpaired) electrons. The number of allylic oxidation sites excluding steroid dienone is 2. The minimum atomic E-state index is 0.157. The lowest BCUT2D eigenvalue weighted by molar-refractivity contribution is -0.121. The van der Waals surface area contributed by atoms with Crippen molar-refractivity contribution >= 4 is 5.91 Å². The SMILES string of the molecule is [CH2]CC=CCc1ccccc1OCCCCC(=O)NCCCCC. The van der Waals surface area contributed by atoms with Gasteiger partial charge >= 0.3 is 0 Å². The highest BCUT2D eigenvalue weighted by molar-refractivity contribution is 5.75. The number of unbranched alkanes of at least 4 members (excludes halogenated alkanes) is 3. The van der Waals surface area contributed by atoms with E-state index in [1.165, 1.54) is 18.4 Å². The van der Waals surface area contributed by atoms with E-state index in [2.05, 4.69) is 37.4 Å². The van der Waals surface area contributed by atoms with Crippen molar-refractivity contribution in [1.29, 1.82) is 0 Å². The van der Waals surface area contributed by atoms with E-state index in [1.807, 2.05) is 18.2 Å². The lowest BCUT2D eigenvalue weighted by Crippen LogP contribution is -2.24. The second kappa shape index (κ2) is 13.6. The van der Waals surface area contributed by atoms with Crippen LogP contribution in [0, 0.1) is 6.92 Å². The molecule has 0 aliphatic carbocycles. The molecule has 0 saturated carbocycles. The molecule has 3 heteroatoms. The van der Waals surface area contributed by atoms with Crippen LogP contribution in [-0.4, -0.2) is 19.1 Å². The first-order chi connectivity index (χ1) is 11.8. The maximum Gasteiger partial charge on any atom is 0.219 e. The Kier molecular flexibility index (Phi) is 11.5. The van der Waals surface area contributed by atoms with E-state index in [9.17, 15) is 4.79 Å². The van der Waals surface area contributed by atoms with Crippen LogP contribution in [-0.2, 0) is 11.2 Å². The summed E-state index contributed by atoms with van der Waals surface area (Å²) in [4.78, 5) is 11.7. The largest absolute Gasteiger partial charge is 0.493 e. The van der Waals surface area contributed by atoms with Crippen LogP contribution in [0.3, 0.4) is 0 Å². The number of ether oxygens (including phenoxy) is 1. The number of amides is 1. The van der Waals surface area contributed by atoms with Crippen molar-refractivity contribution in [2.45, 2.75) is 58.3 Å². The maximum atomic E-state index is 11.7. The van der Waals surface area contributed by atoms with Gasteiger partial charge in [0.15, 0.2) is 0 Å². The molecular formula is C21H32NO2. The summed E-state index contributed by atoms with van der Waals surface area (Å²) in [5.74, 6) is 1.10. The molecule has 0 aliphatic rings. The summed E-state index contributed by atoms with van der Waals surface area (Å²) in [6, 6.07) is 8.12. The predicted molar refractivity (Wildman–Crippen MR) is 101 cm³/mol. The van der Waals surface area contributed by atoms with Gasteiger partial charge in [-0.15, -0.1) is 0 Å². The van der Waals surface area contributed by atoms with Crippen molar-refractivity contribution in [2.75, 3.05) is 13.2 Å². The van der Waals surface area contributed by atoms with Crippen molar-refractivity contribution in [3.8, 4) is 5.75 Å². The van der Waals surface area contributed by atoms with Gasteiger partial charge in [-0.1, -0.05) is 50.1 Å². The quantitative estimate of drug-likeness (QED) is 0.414. The molecule has 0 heterocycles. The van der Waals surface area contributed by atoms with Crippen LogP contribution in [0.5, 0.6) is 5.75 Å². The summed E-state index contributed by atoms with van der Waals surface area (Å²) >= 11 is 0. The molecule has 0 atom stereocenters. The van der Waals surface area contributed by atoms with Crippen molar-refractivity contribution < 1.29 is 9.53 Å². The Morgan fingerprint density at radius 1 is 1.17 bits per heavy atom. The fourth-order valence-corrected chi connectivity index (χ4v) is 2.40. The lowest BCUT2D eigenvalue weighted by atomic mass is 10.1. The van der Waals surface area contributed by atoms with Crippen LogP contribution < -0.4 is 10.1 Å². The van der Waals surface area contributed by atoms with Crippen LogP contribution in [0.1, 0.15) is 57.4 Å². The van der Waals surface area contributed by atoms with E-state index >= 15 is 0 Å². The number of benzene rings is 1. The van der Waals surface area contributed by atoms with Gasteiger partial charge in [-0.25, -0.2) is 0 Å². The van der Waals surface area contributed by atoms with Crippen LogP contribution in [0.15, 0.2) is 36.4 Å². The zero-order chi connectivity index (χ0) is 17.5. The molecule has 1 amide bonds. The second-order valence-corrected chi connectivity index (χ2v) is 5.93. The van der Waals surface area contributed by atoms with E-state index in [0.29, 0.717) is 13.0 Å². The Bertz CT molecular complexity index is 482. The van der Waals surface area contributed by atoms with Crippen LogP contribution >= 0.6 is 0 Å². The zero-order valence-electron chi connectivity index (χ0n) is 15.1. The Morgan fingerprint density at radius 3 is 2.79 bits per heavy atom. The molecule has 0 spiro atoms. The highest BCUT2D eigenvalue weighted by atomic mass is 16.5. The lowest BCUT2D eigenvalue weighted by Gasteiger charge is -2.10. The topological polar surface area (TPSA) is 38.3 Å². The number of carbonyl (C=O) groups is 1. The molecule has 0 bridgehead atoms. The van der Waals surface area contributed by atoms with Gasteiger partial charge in [0, 0.05) is 13.0 Å². The summed E-state index contributed by atoms with van der Waals surface area (Å²) in [5.41, 5.74) is 1.19. The van der Waals surface area contributed by atoms with Crippen molar-refractivity contribution in [3.63, 3.8) is 0 Å². The van der Waals surface area contributed by atoms with Crippen LogP contribution in [0.4, 0.5) is 0 Å². The van der Waals surface area contributed by atoms with Gasteiger partial charge in [0.2, 0.25) is 5.91 Å². The van der Waals surface area contributed by atoms with E-state index < -0.39 is 0 Å². The van der Waals surface area contributed by atoms with Gasteiger partial charge in [-0.2, -0.15) is 0 Å². The van der Waals surface area contributed by atoms with Gasteiger partial charge < -0.3 is 10.1 Å². The summed E-state index contributed by atoms with van der Waals surface area (Å²) in [5, 5.41) is 2.97. The average Bonchev–Trinajstić information content (AvgIpc) is 2.60. The minimum absolute atomic E-state index is 0.157.